The van der Waals surface area contributed by atoms with Gasteiger partial charge in [-0.05, 0) is 6.92 Å². The number of rotatable bonds is 3. The largest absolute Gasteiger partial charge is 0.336 e. The number of nitrogens with one attached hydrogen (secondary N) is 1. The number of amides is 1. The standard InChI is InChI=1S/C10H15N5O3.ClH/c1-8-4-11-2-3-14(8)10(16)7-13-6-9(5-12-13)15(17)18;/h5-6,8,11H,2-4,7H2,1H3;1H/t8-;/m1./s1. The van der Waals surface area contributed by atoms with Crippen molar-refractivity contribution in [2.75, 3.05) is 19.6 Å². The molecule has 2 heterocycles. The Bertz CT molecular complexity index is 464. The molecule has 0 saturated carbocycles. The quantitative estimate of drug-likeness (QED) is 0.626. The zero-order chi connectivity index (χ0) is 13.1. The normalized spacial score (nSPS) is 18.8. The van der Waals surface area contributed by atoms with Gasteiger partial charge in [0.25, 0.3) is 0 Å². The zero-order valence-electron chi connectivity index (χ0n) is 10.5. The summed E-state index contributed by atoms with van der Waals surface area (Å²) in [5.41, 5.74) is -0.101. The molecule has 1 aliphatic rings. The molecule has 0 radical (unpaired) electrons. The average molecular weight is 290 g/mol. The molecule has 1 fully saturated rings. The van der Waals surface area contributed by atoms with Crippen LogP contribution in [0.2, 0.25) is 0 Å². The summed E-state index contributed by atoms with van der Waals surface area (Å²) in [6, 6.07) is 0.136. The molecule has 2 rings (SSSR count). The number of aromatic nitrogens is 2. The second-order valence-corrected chi connectivity index (χ2v) is 4.29. The first-order valence-electron chi connectivity index (χ1n) is 5.75. The molecule has 1 saturated heterocycles. The van der Waals surface area contributed by atoms with Gasteiger partial charge in [0.15, 0.2) is 0 Å². The van der Waals surface area contributed by atoms with E-state index in [0.29, 0.717) is 6.54 Å². The van der Waals surface area contributed by atoms with Crippen molar-refractivity contribution in [3.63, 3.8) is 0 Å². The van der Waals surface area contributed by atoms with Crippen LogP contribution < -0.4 is 5.32 Å². The molecule has 0 spiro atoms. The molecule has 1 aromatic rings. The second kappa shape index (κ2) is 6.48. The number of carbonyl (C=O) groups is 1. The van der Waals surface area contributed by atoms with Crippen molar-refractivity contribution in [1.82, 2.24) is 20.0 Å². The van der Waals surface area contributed by atoms with Gasteiger partial charge in [-0.2, -0.15) is 5.10 Å². The fourth-order valence-corrected chi connectivity index (χ4v) is 1.97. The van der Waals surface area contributed by atoms with E-state index in [-0.39, 0.29) is 36.6 Å². The monoisotopic (exact) mass is 289 g/mol. The molecule has 0 aromatic carbocycles. The fourth-order valence-electron chi connectivity index (χ4n) is 1.97. The number of piperazine rings is 1. The summed E-state index contributed by atoms with van der Waals surface area (Å²) < 4.78 is 1.30. The van der Waals surface area contributed by atoms with Gasteiger partial charge in [-0.1, -0.05) is 0 Å². The van der Waals surface area contributed by atoms with Crippen molar-refractivity contribution in [2.45, 2.75) is 19.5 Å². The molecule has 9 heteroatoms. The number of hydrogen-bond acceptors (Lipinski definition) is 5. The fraction of sp³-hybridized carbons (Fsp3) is 0.600. The van der Waals surface area contributed by atoms with Crippen LogP contribution in [0.5, 0.6) is 0 Å². The first kappa shape index (κ1) is 15.4. The van der Waals surface area contributed by atoms with Crippen LogP contribution in [0.25, 0.3) is 0 Å². The number of halogens is 1. The first-order valence-corrected chi connectivity index (χ1v) is 5.75. The first-order chi connectivity index (χ1) is 8.58. The van der Waals surface area contributed by atoms with Crippen LogP contribution in [0, 0.1) is 10.1 Å². The molecule has 1 aromatic heterocycles. The van der Waals surface area contributed by atoms with Gasteiger partial charge >= 0.3 is 5.69 Å². The van der Waals surface area contributed by atoms with E-state index >= 15 is 0 Å². The molecule has 19 heavy (non-hydrogen) atoms. The maximum atomic E-state index is 12.0. The Balaban J connectivity index is 0.00000180. The average Bonchev–Trinajstić information content (AvgIpc) is 2.78. The predicted molar refractivity (Wildman–Crippen MR) is 70.2 cm³/mol. The Labute approximate surface area is 116 Å². The maximum absolute atomic E-state index is 12.0. The summed E-state index contributed by atoms with van der Waals surface area (Å²) >= 11 is 0. The van der Waals surface area contributed by atoms with Gasteiger partial charge in [-0.3, -0.25) is 19.6 Å². The van der Waals surface area contributed by atoms with Crippen LogP contribution in [0.1, 0.15) is 6.92 Å². The Kier molecular flexibility index (Phi) is 5.25. The molecular formula is C10H16ClN5O3. The maximum Gasteiger partial charge on any atom is 0.307 e. The zero-order valence-corrected chi connectivity index (χ0v) is 11.3. The van der Waals surface area contributed by atoms with Crippen molar-refractivity contribution in [3.8, 4) is 0 Å². The molecule has 1 atom stereocenters. The van der Waals surface area contributed by atoms with E-state index in [1.165, 1.54) is 10.9 Å². The third kappa shape index (κ3) is 3.65. The second-order valence-electron chi connectivity index (χ2n) is 4.29. The van der Waals surface area contributed by atoms with Crippen molar-refractivity contribution >= 4 is 24.0 Å². The molecule has 1 amide bonds. The minimum atomic E-state index is -0.526. The molecule has 0 bridgehead atoms. The summed E-state index contributed by atoms with van der Waals surface area (Å²) in [6.07, 6.45) is 2.42. The van der Waals surface area contributed by atoms with Crippen LogP contribution in [-0.2, 0) is 11.3 Å². The van der Waals surface area contributed by atoms with Gasteiger partial charge in [0.1, 0.15) is 18.9 Å². The van der Waals surface area contributed by atoms with Gasteiger partial charge in [-0.25, -0.2) is 0 Å². The number of nitrogens with zero attached hydrogens (tertiary/aromatic N) is 4. The summed E-state index contributed by atoms with van der Waals surface area (Å²) in [4.78, 5) is 23.8. The minimum absolute atomic E-state index is 0. The SMILES string of the molecule is C[C@@H]1CNCCN1C(=O)Cn1cc([N+](=O)[O-])cn1.Cl. The lowest BCUT2D eigenvalue weighted by molar-refractivity contribution is -0.385. The van der Waals surface area contributed by atoms with E-state index in [0.717, 1.165) is 19.3 Å². The lowest BCUT2D eigenvalue weighted by Crippen LogP contribution is -2.53. The van der Waals surface area contributed by atoms with Gasteiger partial charge < -0.3 is 10.2 Å². The smallest absolute Gasteiger partial charge is 0.307 e. The Morgan fingerprint density at radius 3 is 3.00 bits per heavy atom. The van der Waals surface area contributed by atoms with Crippen LogP contribution in [0.4, 0.5) is 5.69 Å². The van der Waals surface area contributed by atoms with E-state index in [1.807, 2.05) is 6.92 Å². The van der Waals surface area contributed by atoms with Crippen LogP contribution in [0.3, 0.4) is 0 Å². The van der Waals surface area contributed by atoms with Crippen molar-refractivity contribution in [3.05, 3.63) is 22.5 Å². The van der Waals surface area contributed by atoms with E-state index in [1.54, 1.807) is 4.90 Å². The molecule has 8 nitrogen and oxygen atoms in total. The van der Waals surface area contributed by atoms with Crippen LogP contribution in [-0.4, -0.2) is 51.2 Å². The highest BCUT2D eigenvalue weighted by molar-refractivity contribution is 5.85. The van der Waals surface area contributed by atoms with Crippen molar-refractivity contribution in [2.24, 2.45) is 0 Å². The van der Waals surface area contributed by atoms with Gasteiger partial charge in [0.05, 0.1) is 4.92 Å². The lowest BCUT2D eigenvalue weighted by atomic mass is 10.2. The lowest BCUT2D eigenvalue weighted by Gasteiger charge is -2.33. The topological polar surface area (TPSA) is 93.3 Å². The van der Waals surface area contributed by atoms with E-state index in [2.05, 4.69) is 10.4 Å². The highest BCUT2D eigenvalue weighted by Crippen LogP contribution is 2.09. The summed E-state index contributed by atoms with van der Waals surface area (Å²) in [5.74, 6) is -0.0676. The number of nitro groups is 1. The molecule has 106 valence electrons. The summed E-state index contributed by atoms with van der Waals surface area (Å²) in [5, 5.41) is 17.5. The Hall–Kier alpha value is -1.67. The molecule has 0 aliphatic carbocycles. The van der Waals surface area contributed by atoms with Gasteiger partial charge in [0.2, 0.25) is 5.91 Å². The van der Waals surface area contributed by atoms with Crippen molar-refractivity contribution < 1.29 is 9.72 Å². The van der Waals surface area contributed by atoms with E-state index < -0.39 is 4.92 Å². The molecule has 0 unspecified atom stereocenters. The molecule has 1 aliphatic heterocycles. The van der Waals surface area contributed by atoms with Crippen LogP contribution in [0.15, 0.2) is 12.4 Å². The highest BCUT2D eigenvalue weighted by atomic mass is 35.5. The third-order valence-corrected chi connectivity index (χ3v) is 2.95. The highest BCUT2D eigenvalue weighted by Gasteiger charge is 2.23. The number of hydrogen-bond donors (Lipinski definition) is 1. The van der Waals surface area contributed by atoms with Crippen LogP contribution >= 0.6 is 12.4 Å². The van der Waals surface area contributed by atoms with Gasteiger partial charge in [-0.15, -0.1) is 12.4 Å². The van der Waals surface area contributed by atoms with Gasteiger partial charge in [0, 0.05) is 25.7 Å². The molecular weight excluding hydrogens is 274 g/mol. The minimum Gasteiger partial charge on any atom is -0.336 e. The van der Waals surface area contributed by atoms with Crippen molar-refractivity contribution in [1.29, 1.82) is 0 Å². The molecule has 1 N–H and O–H groups in total. The van der Waals surface area contributed by atoms with E-state index in [4.69, 9.17) is 0 Å². The number of carbonyl (C=O) groups excluding carboxylic acids is 1. The summed E-state index contributed by atoms with van der Waals surface area (Å²) in [6.45, 7) is 4.21. The summed E-state index contributed by atoms with van der Waals surface area (Å²) in [7, 11) is 0. The Morgan fingerprint density at radius 1 is 1.68 bits per heavy atom. The third-order valence-electron chi connectivity index (χ3n) is 2.95. The predicted octanol–water partition coefficient (Wildman–Crippen LogP) is 0.0334. The Morgan fingerprint density at radius 2 is 2.42 bits per heavy atom. The van der Waals surface area contributed by atoms with E-state index in [9.17, 15) is 14.9 Å².